The summed E-state index contributed by atoms with van der Waals surface area (Å²) in [6, 6.07) is 8.84. The lowest BCUT2D eigenvalue weighted by Gasteiger charge is -2.18. The van der Waals surface area contributed by atoms with Crippen molar-refractivity contribution in [3.8, 4) is 0 Å². The zero-order valence-electron chi connectivity index (χ0n) is 20.6. The molecule has 0 aliphatic heterocycles. The first-order chi connectivity index (χ1) is 14.7. The Balaban J connectivity index is 2.25. The van der Waals surface area contributed by atoms with E-state index in [2.05, 4.69) is 52.0 Å². The third kappa shape index (κ3) is 14.2. The van der Waals surface area contributed by atoms with Gasteiger partial charge in [-0.05, 0) is 50.7 Å². The van der Waals surface area contributed by atoms with Crippen molar-refractivity contribution in [1.29, 1.82) is 0 Å². The van der Waals surface area contributed by atoms with Crippen LogP contribution in [0.4, 0.5) is 0 Å². The highest BCUT2D eigenvalue weighted by Gasteiger charge is 2.11. The van der Waals surface area contributed by atoms with E-state index in [9.17, 15) is 0 Å². The smallest absolute Gasteiger partial charge is 0.0587 e. The van der Waals surface area contributed by atoms with E-state index in [1.165, 1.54) is 88.2 Å². The van der Waals surface area contributed by atoms with Crippen molar-refractivity contribution in [2.24, 2.45) is 0 Å². The van der Waals surface area contributed by atoms with Crippen LogP contribution >= 0.6 is 0 Å². The SMILES string of the molecule is CCCCCCCCOC(C)Cc1ccccc1CC(C)OCCCCCCCC. The van der Waals surface area contributed by atoms with Gasteiger partial charge < -0.3 is 9.47 Å². The van der Waals surface area contributed by atoms with E-state index in [-0.39, 0.29) is 12.2 Å². The predicted molar refractivity (Wildman–Crippen MR) is 131 cm³/mol. The molecule has 174 valence electrons. The van der Waals surface area contributed by atoms with Crippen LogP contribution in [0.1, 0.15) is 116 Å². The lowest BCUT2D eigenvalue weighted by Crippen LogP contribution is -2.17. The molecular formula is C28H50O2. The summed E-state index contributed by atoms with van der Waals surface area (Å²) in [6.45, 7) is 10.8. The van der Waals surface area contributed by atoms with Crippen LogP contribution in [0.5, 0.6) is 0 Å². The van der Waals surface area contributed by atoms with Crippen LogP contribution in [0, 0.1) is 0 Å². The van der Waals surface area contributed by atoms with Crippen molar-refractivity contribution in [2.45, 2.75) is 130 Å². The Morgan fingerprint density at radius 3 is 1.33 bits per heavy atom. The number of hydrogen-bond acceptors (Lipinski definition) is 2. The van der Waals surface area contributed by atoms with Gasteiger partial charge in [-0.15, -0.1) is 0 Å². The van der Waals surface area contributed by atoms with E-state index in [1.807, 2.05) is 0 Å². The monoisotopic (exact) mass is 418 g/mol. The first kappa shape index (κ1) is 27.2. The molecule has 0 saturated heterocycles. The number of unbranched alkanes of at least 4 members (excludes halogenated alkanes) is 10. The number of benzene rings is 1. The van der Waals surface area contributed by atoms with Crippen molar-refractivity contribution in [3.05, 3.63) is 35.4 Å². The highest BCUT2D eigenvalue weighted by molar-refractivity contribution is 5.28. The van der Waals surface area contributed by atoms with Gasteiger partial charge in [0.1, 0.15) is 0 Å². The molecule has 0 aliphatic carbocycles. The quantitative estimate of drug-likeness (QED) is 0.198. The van der Waals surface area contributed by atoms with Crippen LogP contribution in [0.3, 0.4) is 0 Å². The normalized spacial score (nSPS) is 13.5. The Kier molecular flexibility index (Phi) is 17.1. The summed E-state index contributed by atoms with van der Waals surface area (Å²) in [7, 11) is 0. The average molecular weight is 419 g/mol. The number of ether oxygens (including phenoxy) is 2. The fourth-order valence-corrected chi connectivity index (χ4v) is 4.03. The first-order valence-electron chi connectivity index (χ1n) is 13.0. The molecule has 30 heavy (non-hydrogen) atoms. The van der Waals surface area contributed by atoms with Gasteiger partial charge in [-0.25, -0.2) is 0 Å². The van der Waals surface area contributed by atoms with Crippen LogP contribution in [0.15, 0.2) is 24.3 Å². The second kappa shape index (κ2) is 18.9. The minimum atomic E-state index is 0.279. The minimum absolute atomic E-state index is 0.279. The predicted octanol–water partition coefficient (Wildman–Crippen LogP) is 8.30. The zero-order chi connectivity index (χ0) is 21.9. The van der Waals surface area contributed by atoms with Crippen molar-refractivity contribution < 1.29 is 9.47 Å². The third-order valence-corrected chi connectivity index (χ3v) is 5.93. The van der Waals surface area contributed by atoms with Gasteiger partial charge in [0.2, 0.25) is 0 Å². The van der Waals surface area contributed by atoms with Crippen LogP contribution in [-0.2, 0) is 22.3 Å². The Hall–Kier alpha value is -0.860. The summed E-state index contributed by atoms with van der Waals surface area (Å²) in [6.07, 6.45) is 18.4. The van der Waals surface area contributed by atoms with Gasteiger partial charge in [0.25, 0.3) is 0 Å². The molecule has 2 unspecified atom stereocenters. The maximum absolute atomic E-state index is 6.10. The second-order valence-corrected chi connectivity index (χ2v) is 9.08. The lowest BCUT2D eigenvalue weighted by atomic mass is 9.98. The maximum Gasteiger partial charge on any atom is 0.0587 e. The molecule has 2 nitrogen and oxygen atoms in total. The zero-order valence-corrected chi connectivity index (χ0v) is 20.6. The van der Waals surface area contributed by atoms with Gasteiger partial charge in [0.15, 0.2) is 0 Å². The van der Waals surface area contributed by atoms with Crippen LogP contribution in [0.2, 0.25) is 0 Å². The van der Waals surface area contributed by atoms with E-state index < -0.39 is 0 Å². The van der Waals surface area contributed by atoms with Crippen LogP contribution in [0.25, 0.3) is 0 Å². The summed E-state index contributed by atoms with van der Waals surface area (Å²) >= 11 is 0. The molecule has 0 saturated carbocycles. The molecule has 0 N–H and O–H groups in total. The molecule has 0 amide bonds. The molecule has 0 fully saturated rings. The fourth-order valence-electron chi connectivity index (χ4n) is 4.03. The van der Waals surface area contributed by atoms with E-state index >= 15 is 0 Å². The molecule has 2 heteroatoms. The maximum atomic E-state index is 6.10. The highest BCUT2D eigenvalue weighted by Crippen LogP contribution is 2.17. The van der Waals surface area contributed by atoms with Gasteiger partial charge in [0, 0.05) is 13.2 Å². The van der Waals surface area contributed by atoms with Crippen LogP contribution in [-0.4, -0.2) is 25.4 Å². The van der Waals surface area contributed by atoms with Crippen molar-refractivity contribution in [2.75, 3.05) is 13.2 Å². The molecule has 0 aliphatic rings. The Bertz CT molecular complexity index is 454. The Labute approximate surface area is 188 Å². The molecule has 0 radical (unpaired) electrons. The largest absolute Gasteiger partial charge is 0.378 e. The molecular weight excluding hydrogens is 368 g/mol. The lowest BCUT2D eigenvalue weighted by molar-refractivity contribution is 0.0597. The summed E-state index contributed by atoms with van der Waals surface area (Å²) in [5.74, 6) is 0. The van der Waals surface area contributed by atoms with Gasteiger partial charge in [0.05, 0.1) is 12.2 Å². The summed E-state index contributed by atoms with van der Waals surface area (Å²) in [4.78, 5) is 0. The molecule has 0 aromatic heterocycles. The molecule has 2 atom stereocenters. The third-order valence-electron chi connectivity index (χ3n) is 5.93. The summed E-state index contributed by atoms with van der Waals surface area (Å²) in [5, 5.41) is 0. The highest BCUT2D eigenvalue weighted by atomic mass is 16.5. The van der Waals surface area contributed by atoms with Gasteiger partial charge in [-0.2, -0.15) is 0 Å². The van der Waals surface area contributed by atoms with Crippen molar-refractivity contribution in [3.63, 3.8) is 0 Å². The first-order valence-corrected chi connectivity index (χ1v) is 13.0. The summed E-state index contributed by atoms with van der Waals surface area (Å²) < 4.78 is 12.2. The van der Waals surface area contributed by atoms with Crippen LogP contribution < -0.4 is 0 Å². The molecule has 0 heterocycles. The van der Waals surface area contributed by atoms with E-state index in [4.69, 9.17) is 9.47 Å². The number of rotatable bonds is 20. The standard InChI is InChI=1S/C28H50O2/c1-5-7-9-11-13-17-21-29-25(3)23-27-19-15-16-20-28(27)24-26(4)30-22-18-14-12-10-8-6-2/h15-16,19-20,25-26H,5-14,17-18,21-24H2,1-4H3. The topological polar surface area (TPSA) is 18.5 Å². The average Bonchev–Trinajstić information content (AvgIpc) is 2.74. The van der Waals surface area contributed by atoms with E-state index in [0.717, 1.165) is 26.1 Å². The minimum Gasteiger partial charge on any atom is -0.378 e. The Morgan fingerprint density at radius 2 is 0.933 bits per heavy atom. The Morgan fingerprint density at radius 1 is 0.567 bits per heavy atom. The molecule has 0 spiro atoms. The molecule has 1 aromatic rings. The van der Waals surface area contributed by atoms with E-state index in [1.54, 1.807) is 0 Å². The molecule has 1 aromatic carbocycles. The molecule has 1 rings (SSSR count). The van der Waals surface area contributed by atoms with E-state index in [0.29, 0.717) is 0 Å². The summed E-state index contributed by atoms with van der Waals surface area (Å²) in [5.41, 5.74) is 2.84. The van der Waals surface area contributed by atoms with Crippen molar-refractivity contribution >= 4 is 0 Å². The molecule has 0 bridgehead atoms. The fraction of sp³-hybridized carbons (Fsp3) is 0.786. The second-order valence-electron chi connectivity index (χ2n) is 9.08. The van der Waals surface area contributed by atoms with Gasteiger partial charge >= 0.3 is 0 Å². The van der Waals surface area contributed by atoms with Crippen molar-refractivity contribution in [1.82, 2.24) is 0 Å². The van der Waals surface area contributed by atoms with Gasteiger partial charge in [-0.3, -0.25) is 0 Å². The van der Waals surface area contributed by atoms with Gasteiger partial charge in [-0.1, -0.05) is 102 Å². The number of hydrogen-bond donors (Lipinski definition) is 0.